The minimum absolute atomic E-state index is 0.142. The smallest absolute Gasteiger partial charge is 0.335 e. The third-order valence-corrected chi connectivity index (χ3v) is 2.85. The number of carboxylic acids is 1. The quantitative estimate of drug-likeness (QED) is 0.828. The van der Waals surface area contributed by atoms with Gasteiger partial charge in [-0.3, -0.25) is 0 Å². The molecule has 1 N–H and O–H groups in total. The summed E-state index contributed by atoms with van der Waals surface area (Å²) in [6.07, 6.45) is 5.96. The maximum Gasteiger partial charge on any atom is 0.335 e. The van der Waals surface area contributed by atoms with Crippen LogP contribution in [0.1, 0.15) is 41.6 Å². The summed E-state index contributed by atoms with van der Waals surface area (Å²) in [6.45, 7) is 0. The van der Waals surface area contributed by atoms with Gasteiger partial charge in [-0.15, -0.1) is 0 Å². The highest BCUT2D eigenvalue weighted by Gasteiger charge is 2.13. The van der Waals surface area contributed by atoms with Crippen molar-refractivity contribution < 1.29 is 14.3 Å². The zero-order valence-corrected chi connectivity index (χ0v) is 8.87. The highest BCUT2D eigenvalue weighted by Crippen LogP contribution is 2.29. The molecule has 2 rings (SSSR count). The lowest BCUT2D eigenvalue weighted by molar-refractivity contribution is 0.0697. The second-order valence-electron chi connectivity index (χ2n) is 3.97. The molecule has 0 spiro atoms. The lowest BCUT2D eigenvalue weighted by atomic mass is 9.92. The molecule has 0 heterocycles. The predicted molar refractivity (Wildman–Crippen MR) is 59.8 cm³/mol. The minimum atomic E-state index is -1.02. The molecule has 1 aliphatic rings. The van der Waals surface area contributed by atoms with E-state index in [4.69, 9.17) is 5.11 Å². The van der Waals surface area contributed by atoms with Gasteiger partial charge in [0.05, 0.1) is 5.56 Å². The van der Waals surface area contributed by atoms with Gasteiger partial charge >= 0.3 is 5.97 Å². The topological polar surface area (TPSA) is 37.3 Å². The Balaban J connectivity index is 2.42. The molecule has 0 saturated carbocycles. The SMILES string of the molecule is O=C(O)c1ccc(F)c(C2=CCCCC2)c1. The van der Waals surface area contributed by atoms with Crippen LogP contribution in [0.5, 0.6) is 0 Å². The zero-order chi connectivity index (χ0) is 11.5. The fourth-order valence-corrected chi connectivity index (χ4v) is 1.99. The molecule has 0 atom stereocenters. The third-order valence-electron chi connectivity index (χ3n) is 2.85. The van der Waals surface area contributed by atoms with Gasteiger partial charge in [0.25, 0.3) is 0 Å². The van der Waals surface area contributed by atoms with E-state index in [0.717, 1.165) is 31.3 Å². The monoisotopic (exact) mass is 220 g/mol. The zero-order valence-electron chi connectivity index (χ0n) is 8.87. The lowest BCUT2D eigenvalue weighted by Gasteiger charge is -2.14. The number of rotatable bonds is 2. The molecule has 0 saturated heterocycles. The molecule has 0 bridgehead atoms. The normalized spacial score (nSPS) is 15.7. The van der Waals surface area contributed by atoms with Crippen LogP contribution in [0.3, 0.4) is 0 Å². The average molecular weight is 220 g/mol. The van der Waals surface area contributed by atoms with Crippen LogP contribution in [0.15, 0.2) is 24.3 Å². The van der Waals surface area contributed by atoms with Crippen LogP contribution in [0.25, 0.3) is 5.57 Å². The van der Waals surface area contributed by atoms with Crippen LogP contribution >= 0.6 is 0 Å². The molecule has 0 aromatic heterocycles. The summed E-state index contributed by atoms with van der Waals surface area (Å²) in [4.78, 5) is 10.8. The van der Waals surface area contributed by atoms with Crippen LogP contribution < -0.4 is 0 Å². The van der Waals surface area contributed by atoms with Gasteiger partial charge in [-0.25, -0.2) is 9.18 Å². The molecule has 84 valence electrons. The van der Waals surface area contributed by atoms with Crippen molar-refractivity contribution in [1.29, 1.82) is 0 Å². The Morgan fingerprint density at radius 3 is 2.75 bits per heavy atom. The minimum Gasteiger partial charge on any atom is -0.478 e. The second-order valence-corrected chi connectivity index (χ2v) is 3.97. The van der Waals surface area contributed by atoms with E-state index in [9.17, 15) is 9.18 Å². The molecule has 0 aliphatic heterocycles. The van der Waals surface area contributed by atoms with Crippen molar-refractivity contribution in [2.24, 2.45) is 0 Å². The number of hydrogen-bond acceptors (Lipinski definition) is 1. The van der Waals surface area contributed by atoms with Crippen LogP contribution in [-0.2, 0) is 0 Å². The molecule has 1 aliphatic carbocycles. The highest BCUT2D eigenvalue weighted by molar-refractivity contribution is 5.89. The fourth-order valence-electron chi connectivity index (χ4n) is 1.99. The Morgan fingerprint density at radius 1 is 1.31 bits per heavy atom. The van der Waals surface area contributed by atoms with E-state index in [2.05, 4.69) is 0 Å². The third kappa shape index (κ3) is 2.13. The van der Waals surface area contributed by atoms with Crippen molar-refractivity contribution in [3.8, 4) is 0 Å². The average Bonchev–Trinajstić information content (AvgIpc) is 2.30. The number of benzene rings is 1. The number of allylic oxidation sites excluding steroid dienone is 2. The van der Waals surface area contributed by atoms with Crippen molar-refractivity contribution in [2.75, 3.05) is 0 Å². The summed E-state index contributed by atoms with van der Waals surface area (Å²) in [5, 5.41) is 8.86. The van der Waals surface area contributed by atoms with Crippen molar-refractivity contribution >= 4 is 11.5 Å². The van der Waals surface area contributed by atoms with Crippen molar-refractivity contribution in [2.45, 2.75) is 25.7 Å². The van der Waals surface area contributed by atoms with Crippen molar-refractivity contribution in [3.05, 3.63) is 41.2 Å². The van der Waals surface area contributed by atoms with Crippen molar-refractivity contribution in [1.82, 2.24) is 0 Å². The Kier molecular flexibility index (Phi) is 3.04. The van der Waals surface area contributed by atoms with E-state index in [0.29, 0.717) is 5.56 Å². The summed E-state index contributed by atoms with van der Waals surface area (Å²) in [5.41, 5.74) is 1.52. The maximum absolute atomic E-state index is 13.6. The first-order valence-electron chi connectivity index (χ1n) is 5.41. The molecule has 3 heteroatoms. The Morgan fingerprint density at radius 2 is 2.12 bits per heavy atom. The number of aromatic carboxylic acids is 1. The highest BCUT2D eigenvalue weighted by atomic mass is 19.1. The van der Waals surface area contributed by atoms with Gasteiger partial charge in [-0.2, -0.15) is 0 Å². The number of halogens is 1. The Labute approximate surface area is 93.4 Å². The molecule has 0 unspecified atom stereocenters. The van der Waals surface area contributed by atoms with Gasteiger partial charge < -0.3 is 5.11 Å². The first kappa shape index (κ1) is 10.9. The van der Waals surface area contributed by atoms with E-state index in [1.165, 1.54) is 18.2 Å². The Hall–Kier alpha value is -1.64. The largest absolute Gasteiger partial charge is 0.478 e. The number of carboxylic acid groups (broad SMARTS) is 1. The predicted octanol–water partition coefficient (Wildman–Crippen LogP) is 3.48. The van der Waals surface area contributed by atoms with Gasteiger partial charge in [0, 0.05) is 5.56 Å². The van der Waals surface area contributed by atoms with Crippen LogP contribution in [0.4, 0.5) is 4.39 Å². The van der Waals surface area contributed by atoms with Gasteiger partial charge in [-0.05, 0) is 49.5 Å². The van der Waals surface area contributed by atoms with Crippen LogP contribution in [0, 0.1) is 5.82 Å². The van der Waals surface area contributed by atoms with Crippen LogP contribution in [0.2, 0.25) is 0 Å². The molecular formula is C13H13FO2. The van der Waals surface area contributed by atoms with E-state index in [1.54, 1.807) is 0 Å². The lowest BCUT2D eigenvalue weighted by Crippen LogP contribution is -2.01. The summed E-state index contributed by atoms with van der Waals surface area (Å²) in [5.74, 6) is -1.35. The summed E-state index contributed by atoms with van der Waals surface area (Å²) < 4.78 is 13.6. The molecule has 0 fully saturated rings. The molecule has 1 aromatic rings. The molecule has 16 heavy (non-hydrogen) atoms. The van der Waals surface area contributed by atoms with Crippen LogP contribution in [-0.4, -0.2) is 11.1 Å². The van der Waals surface area contributed by atoms with E-state index < -0.39 is 5.97 Å². The Bertz CT molecular complexity index is 449. The summed E-state index contributed by atoms with van der Waals surface area (Å²) in [6, 6.07) is 3.95. The van der Waals surface area contributed by atoms with Gasteiger partial charge in [0.15, 0.2) is 0 Å². The molecule has 1 aromatic carbocycles. The first-order valence-corrected chi connectivity index (χ1v) is 5.41. The maximum atomic E-state index is 13.6. The van der Waals surface area contributed by atoms with E-state index in [-0.39, 0.29) is 11.4 Å². The van der Waals surface area contributed by atoms with Crippen molar-refractivity contribution in [3.63, 3.8) is 0 Å². The number of carbonyl (C=O) groups is 1. The molecule has 2 nitrogen and oxygen atoms in total. The second kappa shape index (κ2) is 4.47. The van der Waals surface area contributed by atoms with Gasteiger partial charge in [0.2, 0.25) is 0 Å². The van der Waals surface area contributed by atoms with Gasteiger partial charge in [0.1, 0.15) is 5.82 Å². The van der Waals surface area contributed by atoms with E-state index in [1.807, 2.05) is 6.08 Å². The molecule has 0 radical (unpaired) electrons. The van der Waals surface area contributed by atoms with Gasteiger partial charge in [-0.1, -0.05) is 6.08 Å². The summed E-state index contributed by atoms with van der Waals surface area (Å²) in [7, 11) is 0. The molecule has 0 amide bonds. The number of hydrogen-bond donors (Lipinski definition) is 1. The summed E-state index contributed by atoms with van der Waals surface area (Å²) >= 11 is 0. The van der Waals surface area contributed by atoms with E-state index >= 15 is 0 Å². The fraction of sp³-hybridized carbons (Fsp3) is 0.308. The first-order chi connectivity index (χ1) is 7.68. The standard InChI is InChI=1S/C13H13FO2/c14-12-7-6-10(13(15)16)8-11(12)9-4-2-1-3-5-9/h4,6-8H,1-3,5H2,(H,15,16). The molecular weight excluding hydrogens is 207 g/mol.